The smallest absolute Gasteiger partial charge is 0.321 e. The average molecular weight is 296 g/mol. The van der Waals surface area contributed by atoms with Crippen molar-refractivity contribution in [2.24, 2.45) is 0 Å². The lowest BCUT2D eigenvalue weighted by molar-refractivity contribution is -0.144. The summed E-state index contributed by atoms with van der Waals surface area (Å²) in [5.41, 5.74) is 0.809. The SMILES string of the molecule is COC(=O)C1(c2nc3cc(Br)ccc3o2)CC1. The third-order valence-electron chi connectivity index (χ3n) is 3.09. The maximum absolute atomic E-state index is 11.7. The number of ether oxygens (including phenoxy) is 1. The molecule has 0 saturated heterocycles. The highest BCUT2D eigenvalue weighted by atomic mass is 79.9. The maximum atomic E-state index is 11.7. The van der Waals surface area contributed by atoms with Crippen molar-refractivity contribution < 1.29 is 13.9 Å². The number of fused-ring (bicyclic) bond motifs is 1. The minimum absolute atomic E-state index is 0.261. The summed E-state index contributed by atoms with van der Waals surface area (Å²) in [6.07, 6.45) is 1.49. The van der Waals surface area contributed by atoms with Crippen LogP contribution in [0.4, 0.5) is 0 Å². The van der Waals surface area contributed by atoms with Crippen LogP contribution >= 0.6 is 15.9 Å². The Balaban J connectivity index is 2.10. The van der Waals surface area contributed by atoms with Crippen LogP contribution in [0.3, 0.4) is 0 Å². The molecule has 1 heterocycles. The van der Waals surface area contributed by atoms with Gasteiger partial charge in [0.2, 0.25) is 5.89 Å². The van der Waals surface area contributed by atoms with Crippen molar-refractivity contribution in [3.63, 3.8) is 0 Å². The molecule has 88 valence electrons. The van der Waals surface area contributed by atoms with Crippen molar-refractivity contribution in [1.82, 2.24) is 4.98 Å². The van der Waals surface area contributed by atoms with Gasteiger partial charge in [0.15, 0.2) is 5.58 Å². The molecule has 4 nitrogen and oxygen atoms in total. The molecule has 0 radical (unpaired) electrons. The zero-order valence-electron chi connectivity index (χ0n) is 9.20. The summed E-state index contributed by atoms with van der Waals surface area (Å²) in [6.45, 7) is 0. The molecule has 0 spiro atoms. The number of benzene rings is 1. The molecular weight excluding hydrogens is 286 g/mol. The van der Waals surface area contributed by atoms with Crippen molar-refractivity contribution in [3.05, 3.63) is 28.6 Å². The third kappa shape index (κ3) is 1.57. The van der Waals surface area contributed by atoms with Crippen LogP contribution in [0.1, 0.15) is 18.7 Å². The minimum atomic E-state index is -0.639. The highest BCUT2D eigenvalue weighted by Crippen LogP contribution is 2.49. The monoisotopic (exact) mass is 295 g/mol. The van der Waals surface area contributed by atoms with Crippen LogP contribution in [0.5, 0.6) is 0 Å². The lowest BCUT2D eigenvalue weighted by Gasteiger charge is -2.06. The van der Waals surface area contributed by atoms with Gasteiger partial charge in [-0.15, -0.1) is 0 Å². The first-order chi connectivity index (χ1) is 8.15. The molecular formula is C12H10BrNO3. The van der Waals surface area contributed by atoms with E-state index in [0.29, 0.717) is 11.5 Å². The van der Waals surface area contributed by atoms with Gasteiger partial charge in [0.05, 0.1) is 7.11 Å². The average Bonchev–Trinajstić information content (AvgIpc) is 3.03. The second kappa shape index (κ2) is 3.57. The van der Waals surface area contributed by atoms with Crippen LogP contribution in [-0.4, -0.2) is 18.1 Å². The van der Waals surface area contributed by atoms with Gasteiger partial charge in [-0.25, -0.2) is 4.98 Å². The fraction of sp³-hybridized carbons (Fsp3) is 0.333. The number of oxazole rings is 1. The van der Waals surface area contributed by atoms with Crippen molar-refractivity contribution >= 4 is 33.0 Å². The third-order valence-corrected chi connectivity index (χ3v) is 3.58. The molecule has 5 heteroatoms. The summed E-state index contributed by atoms with van der Waals surface area (Å²) in [7, 11) is 1.39. The zero-order valence-corrected chi connectivity index (χ0v) is 10.8. The number of aromatic nitrogens is 1. The van der Waals surface area contributed by atoms with Gasteiger partial charge in [0.1, 0.15) is 10.9 Å². The molecule has 0 aliphatic heterocycles. The van der Waals surface area contributed by atoms with Crippen molar-refractivity contribution in [3.8, 4) is 0 Å². The molecule has 1 fully saturated rings. The normalized spacial score (nSPS) is 17.1. The molecule has 1 aliphatic carbocycles. The fourth-order valence-electron chi connectivity index (χ4n) is 1.93. The topological polar surface area (TPSA) is 52.3 Å². The number of nitrogens with zero attached hydrogens (tertiary/aromatic N) is 1. The number of hydrogen-bond donors (Lipinski definition) is 0. The van der Waals surface area contributed by atoms with Gasteiger partial charge in [-0.3, -0.25) is 4.79 Å². The van der Waals surface area contributed by atoms with E-state index in [1.54, 1.807) is 0 Å². The predicted molar refractivity (Wildman–Crippen MR) is 64.6 cm³/mol. The van der Waals surface area contributed by atoms with E-state index < -0.39 is 5.41 Å². The number of halogens is 1. The summed E-state index contributed by atoms with van der Waals surface area (Å²) >= 11 is 3.38. The van der Waals surface area contributed by atoms with E-state index in [1.807, 2.05) is 18.2 Å². The first-order valence-corrected chi connectivity index (χ1v) is 6.10. The molecule has 0 atom stereocenters. The Kier molecular flexibility index (Phi) is 2.26. The largest absolute Gasteiger partial charge is 0.468 e. The van der Waals surface area contributed by atoms with E-state index in [-0.39, 0.29) is 5.97 Å². The van der Waals surface area contributed by atoms with Gasteiger partial charge >= 0.3 is 5.97 Å². The number of esters is 1. The maximum Gasteiger partial charge on any atom is 0.321 e. The molecule has 0 unspecified atom stereocenters. The van der Waals surface area contributed by atoms with Crippen molar-refractivity contribution in [1.29, 1.82) is 0 Å². The van der Waals surface area contributed by atoms with Gasteiger partial charge in [0, 0.05) is 4.47 Å². The first kappa shape index (κ1) is 10.8. The Morgan fingerprint density at radius 2 is 2.29 bits per heavy atom. The Hall–Kier alpha value is -1.36. The van der Waals surface area contributed by atoms with E-state index in [1.165, 1.54) is 7.11 Å². The standard InChI is InChI=1S/C12H10BrNO3/c1-16-11(15)12(4-5-12)10-14-8-6-7(13)2-3-9(8)17-10/h2-3,6H,4-5H2,1H3. The van der Waals surface area contributed by atoms with Crippen LogP contribution in [0.15, 0.2) is 27.1 Å². The van der Waals surface area contributed by atoms with Crippen LogP contribution in [0, 0.1) is 0 Å². The quantitative estimate of drug-likeness (QED) is 0.800. The number of methoxy groups -OCH3 is 1. The van der Waals surface area contributed by atoms with Crippen molar-refractivity contribution in [2.45, 2.75) is 18.3 Å². The summed E-state index contributed by atoms with van der Waals surface area (Å²) < 4.78 is 11.4. The van der Waals surface area contributed by atoms with Crippen LogP contribution < -0.4 is 0 Å². The summed E-state index contributed by atoms with van der Waals surface area (Å²) in [4.78, 5) is 16.1. The van der Waals surface area contributed by atoms with Gasteiger partial charge in [0.25, 0.3) is 0 Å². The second-order valence-electron chi connectivity index (χ2n) is 4.20. The van der Waals surface area contributed by atoms with Gasteiger partial charge in [-0.1, -0.05) is 15.9 Å². The summed E-state index contributed by atoms with van der Waals surface area (Å²) in [6, 6.07) is 5.59. The molecule has 2 aromatic rings. The number of rotatable bonds is 2. The molecule has 1 aliphatic rings. The highest BCUT2D eigenvalue weighted by Gasteiger charge is 2.56. The Morgan fingerprint density at radius 1 is 1.53 bits per heavy atom. The minimum Gasteiger partial charge on any atom is -0.468 e. The molecule has 1 aromatic carbocycles. The molecule has 0 amide bonds. The molecule has 3 rings (SSSR count). The van der Waals surface area contributed by atoms with Crippen molar-refractivity contribution in [2.75, 3.05) is 7.11 Å². The van der Waals surface area contributed by atoms with E-state index in [2.05, 4.69) is 20.9 Å². The van der Waals surface area contributed by atoms with Gasteiger partial charge in [-0.05, 0) is 31.0 Å². The number of hydrogen-bond acceptors (Lipinski definition) is 4. The Morgan fingerprint density at radius 3 is 2.94 bits per heavy atom. The van der Waals surface area contributed by atoms with Gasteiger partial charge in [-0.2, -0.15) is 0 Å². The van der Waals surface area contributed by atoms with E-state index >= 15 is 0 Å². The van der Waals surface area contributed by atoms with Crippen LogP contribution in [0.25, 0.3) is 11.1 Å². The van der Waals surface area contributed by atoms with Crippen LogP contribution in [-0.2, 0) is 14.9 Å². The Bertz CT molecular complexity index is 601. The lowest BCUT2D eigenvalue weighted by atomic mass is 10.1. The highest BCUT2D eigenvalue weighted by molar-refractivity contribution is 9.10. The number of carbonyl (C=O) groups excluding carboxylic acids is 1. The molecule has 1 saturated carbocycles. The molecule has 17 heavy (non-hydrogen) atoms. The molecule has 1 aromatic heterocycles. The summed E-state index contributed by atoms with van der Waals surface area (Å²) in [5.74, 6) is 0.209. The Labute approximate surface area is 106 Å². The van der Waals surface area contributed by atoms with Crippen LogP contribution in [0.2, 0.25) is 0 Å². The predicted octanol–water partition coefficient (Wildman–Crippen LogP) is 2.79. The molecule has 0 bridgehead atoms. The lowest BCUT2D eigenvalue weighted by Crippen LogP contribution is -2.22. The second-order valence-corrected chi connectivity index (χ2v) is 5.12. The summed E-state index contributed by atoms with van der Waals surface area (Å²) in [5, 5.41) is 0. The van der Waals surface area contributed by atoms with E-state index in [9.17, 15) is 4.79 Å². The van der Waals surface area contributed by atoms with E-state index in [0.717, 1.165) is 22.8 Å². The van der Waals surface area contributed by atoms with Gasteiger partial charge < -0.3 is 9.15 Å². The number of carbonyl (C=O) groups is 1. The molecule has 0 N–H and O–H groups in total. The fourth-order valence-corrected chi connectivity index (χ4v) is 2.28. The first-order valence-electron chi connectivity index (χ1n) is 5.31. The zero-order chi connectivity index (χ0) is 12.0. The van der Waals surface area contributed by atoms with E-state index in [4.69, 9.17) is 9.15 Å².